The van der Waals surface area contributed by atoms with Crippen molar-refractivity contribution < 1.29 is 14.2 Å². The largest absolute Gasteiger partial charge is 0.426 e. The fourth-order valence-electron chi connectivity index (χ4n) is 1.06. The lowest BCUT2D eigenvalue weighted by Crippen LogP contribution is -2.49. The number of aryl methyl sites for hydroxylation is 1. The summed E-state index contributed by atoms with van der Waals surface area (Å²) in [5.41, 5.74) is 4.46. The van der Waals surface area contributed by atoms with Gasteiger partial charge in [-0.2, -0.15) is 4.39 Å². The van der Waals surface area contributed by atoms with Crippen LogP contribution in [-0.2, 0) is 4.65 Å². The van der Waals surface area contributed by atoms with Crippen LogP contribution in [0.5, 0.6) is 0 Å². The molecule has 0 aliphatic heterocycles. The molecule has 4 nitrogen and oxygen atoms in total. The number of aliphatic hydroxyl groups is 1. The number of nitrogens with zero attached hydrogens (tertiary/aromatic N) is 1. The molecule has 1 heterocycles. The Labute approximate surface area is 108 Å². The minimum Gasteiger partial charge on any atom is -0.426 e. The van der Waals surface area contributed by atoms with Crippen LogP contribution in [0.2, 0.25) is 0 Å². The number of anilines is 1. The van der Waals surface area contributed by atoms with E-state index < -0.39 is 17.1 Å². The number of pyridine rings is 1. The van der Waals surface area contributed by atoms with Gasteiger partial charge < -0.3 is 15.5 Å². The van der Waals surface area contributed by atoms with Crippen molar-refractivity contribution in [3.05, 3.63) is 17.6 Å². The molecule has 3 N–H and O–H groups in total. The van der Waals surface area contributed by atoms with Gasteiger partial charge in [-0.15, -0.1) is 0 Å². The van der Waals surface area contributed by atoms with Crippen LogP contribution in [0.4, 0.5) is 10.2 Å². The van der Waals surface area contributed by atoms with Gasteiger partial charge in [-0.3, -0.25) is 0 Å². The quantitative estimate of drug-likeness (QED) is 0.618. The molecule has 1 radical (unpaired) electrons. The van der Waals surface area contributed by atoms with Crippen molar-refractivity contribution in [2.45, 2.75) is 45.8 Å². The van der Waals surface area contributed by atoms with Gasteiger partial charge in [-0.1, -0.05) is 6.07 Å². The van der Waals surface area contributed by atoms with E-state index in [-0.39, 0.29) is 11.3 Å². The van der Waals surface area contributed by atoms with Crippen molar-refractivity contribution in [1.29, 1.82) is 0 Å². The van der Waals surface area contributed by atoms with E-state index in [0.29, 0.717) is 5.56 Å². The van der Waals surface area contributed by atoms with Crippen LogP contribution >= 0.6 is 0 Å². The zero-order chi connectivity index (χ0) is 14.1. The number of aromatic nitrogens is 1. The molecule has 0 saturated heterocycles. The number of nitrogen functional groups attached to an aromatic ring is 1. The first-order chi connectivity index (χ1) is 8.04. The number of rotatable bonds is 4. The fraction of sp³-hybridized carbons (Fsp3) is 0.583. The second-order valence-electron chi connectivity index (χ2n) is 5.38. The lowest BCUT2D eigenvalue weighted by molar-refractivity contribution is -0.0893. The summed E-state index contributed by atoms with van der Waals surface area (Å²) >= 11 is 0. The molecule has 0 saturated carbocycles. The third-order valence-corrected chi connectivity index (χ3v) is 3.19. The van der Waals surface area contributed by atoms with Gasteiger partial charge in [-0.05, 0) is 40.2 Å². The molecule has 0 aliphatic rings. The zero-order valence-corrected chi connectivity index (χ0v) is 11.4. The molecule has 0 spiro atoms. The first-order valence-electron chi connectivity index (χ1n) is 5.70. The van der Waals surface area contributed by atoms with Crippen LogP contribution in [0.15, 0.2) is 6.07 Å². The SMILES string of the molecule is Cc1cc([B]OC(C)(C)C(C)(C)O)c(F)nc1N. The maximum absolute atomic E-state index is 13.5. The molecule has 0 aliphatic carbocycles. The van der Waals surface area contributed by atoms with Gasteiger partial charge >= 0.3 is 7.48 Å². The van der Waals surface area contributed by atoms with Crippen molar-refractivity contribution >= 4 is 18.8 Å². The summed E-state index contributed by atoms with van der Waals surface area (Å²) in [7, 11) is 1.26. The highest BCUT2D eigenvalue weighted by atomic mass is 19.1. The van der Waals surface area contributed by atoms with E-state index >= 15 is 0 Å². The number of nitrogens with two attached hydrogens (primary N) is 1. The van der Waals surface area contributed by atoms with E-state index in [0.717, 1.165) is 0 Å². The molecule has 0 bridgehead atoms. The monoisotopic (exact) mass is 253 g/mol. The lowest BCUT2D eigenvalue weighted by Gasteiger charge is -2.37. The summed E-state index contributed by atoms with van der Waals surface area (Å²) in [5, 5.41) is 9.92. The van der Waals surface area contributed by atoms with E-state index in [1.165, 1.54) is 7.48 Å². The van der Waals surface area contributed by atoms with Crippen molar-refractivity contribution in [3.63, 3.8) is 0 Å². The Morgan fingerprint density at radius 1 is 1.39 bits per heavy atom. The van der Waals surface area contributed by atoms with E-state index in [4.69, 9.17) is 10.4 Å². The Hall–Kier alpha value is -1.14. The lowest BCUT2D eigenvalue weighted by atomic mass is 9.82. The normalized spacial score (nSPS) is 12.6. The van der Waals surface area contributed by atoms with Crippen LogP contribution in [0.25, 0.3) is 0 Å². The molecule has 1 rings (SSSR count). The van der Waals surface area contributed by atoms with Crippen LogP contribution in [0, 0.1) is 12.9 Å². The van der Waals surface area contributed by atoms with Crippen molar-refractivity contribution in [2.24, 2.45) is 0 Å². The summed E-state index contributed by atoms with van der Waals surface area (Å²) < 4.78 is 19.0. The number of hydrogen-bond acceptors (Lipinski definition) is 4. The van der Waals surface area contributed by atoms with Gasteiger partial charge in [0.15, 0.2) is 0 Å². The Morgan fingerprint density at radius 2 is 1.94 bits per heavy atom. The predicted octanol–water partition coefficient (Wildman–Crippen LogP) is 0.922. The van der Waals surface area contributed by atoms with Crippen LogP contribution in [0.3, 0.4) is 0 Å². The molecule has 0 unspecified atom stereocenters. The highest BCUT2D eigenvalue weighted by Crippen LogP contribution is 2.24. The van der Waals surface area contributed by atoms with Gasteiger partial charge in [0.2, 0.25) is 5.95 Å². The number of halogens is 1. The summed E-state index contributed by atoms with van der Waals surface area (Å²) in [6.07, 6.45) is 0. The summed E-state index contributed by atoms with van der Waals surface area (Å²) in [6.45, 7) is 8.44. The van der Waals surface area contributed by atoms with Crippen LogP contribution < -0.4 is 11.2 Å². The summed E-state index contributed by atoms with van der Waals surface area (Å²) in [6, 6.07) is 1.55. The molecule has 0 amide bonds. The van der Waals surface area contributed by atoms with Gasteiger partial charge in [0.1, 0.15) is 5.82 Å². The first kappa shape index (κ1) is 14.9. The molecular weight excluding hydrogens is 234 g/mol. The van der Waals surface area contributed by atoms with Gasteiger partial charge in [0.05, 0.1) is 11.2 Å². The topological polar surface area (TPSA) is 68.4 Å². The van der Waals surface area contributed by atoms with Gasteiger partial charge in [-0.25, -0.2) is 4.98 Å². The fourth-order valence-corrected chi connectivity index (χ4v) is 1.06. The second kappa shape index (κ2) is 4.86. The maximum atomic E-state index is 13.5. The summed E-state index contributed by atoms with van der Waals surface area (Å²) in [4.78, 5) is 3.57. The van der Waals surface area contributed by atoms with Gasteiger partial charge in [0.25, 0.3) is 0 Å². The molecule has 0 atom stereocenters. The molecular formula is C12H19BFN2O2. The van der Waals surface area contributed by atoms with Crippen LogP contribution in [-0.4, -0.2) is 28.8 Å². The standard InChI is InChI=1S/C12H19BFN2O2/c1-7-6-8(9(14)16-10(7)15)13-18-12(4,5)11(2,3)17/h6,17H,1-5H3,(H2,15,16). The Balaban J connectivity index is 2.85. The Morgan fingerprint density at radius 3 is 2.44 bits per heavy atom. The van der Waals surface area contributed by atoms with Crippen molar-refractivity contribution in [2.75, 3.05) is 5.73 Å². The molecule has 0 aromatic carbocycles. The van der Waals surface area contributed by atoms with E-state index in [2.05, 4.69) is 4.98 Å². The number of hydrogen-bond donors (Lipinski definition) is 2. The summed E-state index contributed by atoms with van der Waals surface area (Å²) in [5.74, 6) is -0.531. The highest BCUT2D eigenvalue weighted by molar-refractivity contribution is 6.47. The van der Waals surface area contributed by atoms with Crippen molar-refractivity contribution in [3.8, 4) is 0 Å². The molecule has 1 aromatic rings. The third-order valence-electron chi connectivity index (χ3n) is 3.19. The van der Waals surface area contributed by atoms with E-state index in [1.807, 2.05) is 0 Å². The second-order valence-corrected chi connectivity index (χ2v) is 5.38. The predicted molar refractivity (Wildman–Crippen MR) is 70.2 cm³/mol. The smallest absolute Gasteiger partial charge is 0.335 e. The minimum atomic E-state index is -1.06. The van der Waals surface area contributed by atoms with Crippen LogP contribution in [0.1, 0.15) is 33.3 Å². The molecule has 18 heavy (non-hydrogen) atoms. The van der Waals surface area contributed by atoms with Crippen molar-refractivity contribution in [1.82, 2.24) is 4.98 Å². The molecule has 6 heteroatoms. The Kier molecular flexibility index (Phi) is 4.03. The first-order valence-corrected chi connectivity index (χ1v) is 5.70. The van der Waals surface area contributed by atoms with E-state index in [1.54, 1.807) is 40.7 Å². The third kappa shape index (κ3) is 3.20. The Bertz CT molecular complexity index is 444. The maximum Gasteiger partial charge on any atom is 0.335 e. The molecule has 1 aromatic heterocycles. The average Bonchev–Trinajstić information content (AvgIpc) is 2.20. The minimum absolute atomic E-state index is 0.159. The highest BCUT2D eigenvalue weighted by Gasteiger charge is 2.36. The molecule has 99 valence electrons. The van der Waals surface area contributed by atoms with Gasteiger partial charge in [0, 0.05) is 5.46 Å². The average molecular weight is 253 g/mol. The zero-order valence-electron chi connectivity index (χ0n) is 11.4. The van der Waals surface area contributed by atoms with E-state index in [9.17, 15) is 9.50 Å². The molecule has 0 fully saturated rings.